The van der Waals surface area contributed by atoms with E-state index in [1.807, 2.05) is 11.3 Å². The molecule has 2 aromatic rings. The number of morpholine rings is 1. The number of nitrogens with zero attached hydrogens (tertiary/aromatic N) is 3. The first-order valence-corrected chi connectivity index (χ1v) is 12.0. The summed E-state index contributed by atoms with van der Waals surface area (Å²) in [5, 5.41) is 2.56. The van der Waals surface area contributed by atoms with Crippen LogP contribution in [0.5, 0.6) is 0 Å². The number of thioether (sulfide) groups is 1. The van der Waals surface area contributed by atoms with Gasteiger partial charge in [-0.2, -0.15) is 0 Å². The molecule has 148 valence electrons. The Kier molecular flexibility index (Phi) is 6.01. The molecular formula is C20H28ClN3OS2. The second-order valence-corrected chi connectivity index (χ2v) is 11.1. The molecule has 0 bridgehead atoms. The van der Waals surface area contributed by atoms with Gasteiger partial charge in [-0.1, -0.05) is 44.1 Å². The van der Waals surface area contributed by atoms with E-state index in [0.717, 1.165) is 72.7 Å². The normalized spacial score (nSPS) is 21.6. The van der Waals surface area contributed by atoms with Gasteiger partial charge in [0.2, 0.25) is 0 Å². The van der Waals surface area contributed by atoms with Crippen LogP contribution in [-0.2, 0) is 17.6 Å². The third-order valence-corrected chi connectivity index (χ3v) is 8.06. The van der Waals surface area contributed by atoms with E-state index < -0.39 is 0 Å². The molecule has 0 aromatic carbocycles. The van der Waals surface area contributed by atoms with Gasteiger partial charge in [-0.3, -0.25) is 4.90 Å². The van der Waals surface area contributed by atoms with Crippen molar-refractivity contribution >= 4 is 44.9 Å². The van der Waals surface area contributed by atoms with Gasteiger partial charge in [-0.25, -0.2) is 9.97 Å². The lowest BCUT2D eigenvalue weighted by molar-refractivity contribution is 0.0410. The predicted octanol–water partition coefficient (Wildman–Crippen LogP) is 4.92. The minimum atomic E-state index is 0.351. The summed E-state index contributed by atoms with van der Waals surface area (Å²) in [6.45, 7) is 11.8. The fraction of sp³-hybridized carbons (Fsp3) is 0.700. The molecule has 0 N–H and O–H groups in total. The van der Waals surface area contributed by atoms with Gasteiger partial charge >= 0.3 is 0 Å². The number of ether oxygens (including phenoxy) is 1. The molecule has 4 nitrogen and oxygen atoms in total. The van der Waals surface area contributed by atoms with Gasteiger partial charge in [0.1, 0.15) is 9.98 Å². The van der Waals surface area contributed by atoms with Crippen LogP contribution >= 0.6 is 34.7 Å². The van der Waals surface area contributed by atoms with Gasteiger partial charge < -0.3 is 4.74 Å². The lowest BCUT2D eigenvalue weighted by atomic mass is 9.72. The van der Waals surface area contributed by atoms with E-state index in [9.17, 15) is 0 Å². The zero-order chi connectivity index (χ0) is 19.0. The zero-order valence-corrected chi connectivity index (χ0v) is 18.8. The Bertz CT molecular complexity index is 812. The molecule has 1 aliphatic carbocycles. The fourth-order valence-electron chi connectivity index (χ4n) is 4.01. The highest BCUT2D eigenvalue weighted by molar-refractivity contribution is 7.99. The Morgan fingerprint density at radius 3 is 2.78 bits per heavy atom. The lowest BCUT2D eigenvalue weighted by Crippen LogP contribution is -2.37. The van der Waals surface area contributed by atoms with Crippen LogP contribution in [-0.4, -0.2) is 53.5 Å². The maximum atomic E-state index is 6.61. The van der Waals surface area contributed by atoms with Crippen molar-refractivity contribution in [3.05, 3.63) is 15.6 Å². The molecule has 2 aliphatic rings. The molecule has 0 saturated carbocycles. The van der Waals surface area contributed by atoms with Gasteiger partial charge in [0.25, 0.3) is 0 Å². The third kappa shape index (κ3) is 4.45. The van der Waals surface area contributed by atoms with E-state index in [1.54, 1.807) is 11.8 Å². The number of fused-ring (bicyclic) bond motifs is 3. The van der Waals surface area contributed by atoms with Gasteiger partial charge in [0, 0.05) is 30.3 Å². The average molecular weight is 426 g/mol. The summed E-state index contributed by atoms with van der Waals surface area (Å²) in [6, 6.07) is 0. The molecule has 3 heterocycles. The molecule has 27 heavy (non-hydrogen) atoms. The van der Waals surface area contributed by atoms with Crippen molar-refractivity contribution in [3.63, 3.8) is 0 Å². The van der Waals surface area contributed by atoms with Crippen molar-refractivity contribution in [2.24, 2.45) is 11.3 Å². The number of rotatable bonds is 4. The van der Waals surface area contributed by atoms with Crippen LogP contribution in [0.4, 0.5) is 0 Å². The van der Waals surface area contributed by atoms with Crippen LogP contribution in [0.1, 0.15) is 37.6 Å². The Morgan fingerprint density at radius 1 is 1.26 bits per heavy atom. The van der Waals surface area contributed by atoms with E-state index in [0.29, 0.717) is 10.6 Å². The highest BCUT2D eigenvalue weighted by Crippen LogP contribution is 2.44. The molecule has 1 unspecified atom stereocenters. The monoisotopic (exact) mass is 425 g/mol. The summed E-state index contributed by atoms with van der Waals surface area (Å²) in [5.74, 6) is 1.71. The Hall–Kier alpha value is -0.400. The summed E-state index contributed by atoms with van der Waals surface area (Å²) >= 11 is 10.2. The van der Waals surface area contributed by atoms with Crippen LogP contribution in [0.3, 0.4) is 0 Å². The molecule has 0 amide bonds. The van der Waals surface area contributed by atoms with Crippen molar-refractivity contribution in [2.75, 3.05) is 38.6 Å². The van der Waals surface area contributed by atoms with Crippen molar-refractivity contribution in [3.8, 4) is 0 Å². The highest BCUT2D eigenvalue weighted by atomic mass is 35.5. The maximum Gasteiger partial charge on any atom is 0.190 e. The predicted molar refractivity (Wildman–Crippen MR) is 115 cm³/mol. The molecule has 2 aromatic heterocycles. The summed E-state index contributed by atoms with van der Waals surface area (Å²) in [6.07, 6.45) is 3.48. The first-order valence-electron chi connectivity index (χ1n) is 9.82. The molecule has 7 heteroatoms. The van der Waals surface area contributed by atoms with Crippen molar-refractivity contribution < 1.29 is 4.74 Å². The molecule has 1 fully saturated rings. The maximum absolute atomic E-state index is 6.61. The molecule has 1 saturated heterocycles. The summed E-state index contributed by atoms with van der Waals surface area (Å²) in [4.78, 5) is 14.5. The van der Waals surface area contributed by atoms with Crippen LogP contribution in [0.15, 0.2) is 5.16 Å². The number of halogens is 1. The molecule has 1 atom stereocenters. The lowest BCUT2D eigenvalue weighted by Gasteiger charge is -2.33. The molecular weight excluding hydrogens is 398 g/mol. The van der Waals surface area contributed by atoms with E-state index in [1.165, 1.54) is 16.9 Å². The minimum absolute atomic E-state index is 0.351. The minimum Gasteiger partial charge on any atom is -0.379 e. The van der Waals surface area contributed by atoms with Crippen LogP contribution in [0.2, 0.25) is 5.15 Å². The summed E-state index contributed by atoms with van der Waals surface area (Å²) < 4.78 is 5.41. The average Bonchev–Trinajstić information content (AvgIpc) is 3.00. The molecule has 4 rings (SSSR count). The van der Waals surface area contributed by atoms with E-state index in [2.05, 4.69) is 30.7 Å². The number of thiophene rings is 1. The topological polar surface area (TPSA) is 38.2 Å². The largest absolute Gasteiger partial charge is 0.379 e. The van der Waals surface area contributed by atoms with E-state index in [-0.39, 0.29) is 0 Å². The molecule has 1 aliphatic heterocycles. The SMILES string of the molecule is CC(C)(C)C1CCc2c(sc3nc(SCCN4CCOCC4)nc(Cl)c23)C1. The Morgan fingerprint density at radius 2 is 2.04 bits per heavy atom. The van der Waals surface area contributed by atoms with E-state index in [4.69, 9.17) is 21.3 Å². The van der Waals surface area contributed by atoms with Gasteiger partial charge in [-0.05, 0) is 36.2 Å². The summed E-state index contributed by atoms with van der Waals surface area (Å²) in [5.41, 5.74) is 1.76. The first-order chi connectivity index (χ1) is 12.9. The first kappa shape index (κ1) is 19.9. The number of hydrogen-bond donors (Lipinski definition) is 0. The van der Waals surface area contributed by atoms with Crippen LogP contribution in [0, 0.1) is 11.3 Å². The second kappa shape index (κ2) is 8.15. The van der Waals surface area contributed by atoms with Crippen molar-refractivity contribution in [1.29, 1.82) is 0 Å². The highest BCUT2D eigenvalue weighted by Gasteiger charge is 2.31. The summed E-state index contributed by atoms with van der Waals surface area (Å²) in [7, 11) is 0. The zero-order valence-electron chi connectivity index (χ0n) is 16.4. The van der Waals surface area contributed by atoms with Gasteiger partial charge in [0.15, 0.2) is 5.16 Å². The molecule has 0 radical (unpaired) electrons. The fourth-order valence-corrected chi connectivity index (χ4v) is 6.60. The van der Waals surface area contributed by atoms with Crippen molar-refractivity contribution in [1.82, 2.24) is 14.9 Å². The Balaban J connectivity index is 1.49. The van der Waals surface area contributed by atoms with Gasteiger partial charge in [0.05, 0.1) is 18.6 Å². The van der Waals surface area contributed by atoms with Gasteiger partial charge in [-0.15, -0.1) is 11.3 Å². The third-order valence-electron chi connectivity index (χ3n) is 5.81. The van der Waals surface area contributed by atoms with Crippen LogP contribution in [0.25, 0.3) is 10.2 Å². The smallest absolute Gasteiger partial charge is 0.190 e. The van der Waals surface area contributed by atoms with Crippen LogP contribution < -0.4 is 0 Å². The van der Waals surface area contributed by atoms with Crippen molar-refractivity contribution in [2.45, 2.75) is 45.2 Å². The second-order valence-electron chi connectivity index (χ2n) is 8.59. The quantitative estimate of drug-likeness (QED) is 0.395. The number of aromatic nitrogens is 2. The number of aryl methyl sites for hydroxylation is 1. The standard InChI is InChI=1S/C20H28ClN3OS2/c1-20(2,3)13-4-5-14-15(12-13)27-18-16(14)17(21)22-19(23-18)26-11-8-24-6-9-25-10-7-24/h13H,4-12H2,1-3H3. The Labute approximate surface area is 175 Å². The van der Waals surface area contributed by atoms with E-state index >= 15 is 0 Å². The molecule has 0 spiro atoms. The number of hydrogen-bond acceptors (Lipinski definition) is 6.